The summed E-state index contributed by atoms with van der Waals surface area (Å²) in [6, 6.07) is 0.0498. The predicted octanol–water partition coefficient (Wildman–Crippen LogP) is -0.401. The Morgan fingerprint density at radius 1 is 1.67 bits per heavy atom. The third kappa shape index (κ3) is 3.77. The fraction of sp³-hybridized carbons (Fsp3) is 0.900. The van der Waals surface area contributed by atoms with Gasteiger partial charge in [-0.05, 0) is 6.42 Å². The second-order valence-electron chi connectivity index (χ2n) is 3.65. The van der Waals surface area contributed by atoms with Crippen LogP contribution in [0.4, 0.5) is 0 Å². The molecule has 1 heterocycles. The summed E-state index contributed by atoms with van der Waals surface area (Å²) in [5, 5.41) is 0. The highest BCUT2D eigenvalue weighted by molar-refractivity contribution is 5.76. The van der Waals surface area contributed by atoms with Crippen molar-refractivity contribution in [2.45, 2.75) is 18.9 Å². The predicted molar refractivity (Wildman–Crippen MR) is 56.5 cm³/mol. The monoisotopic (exact) mass is 216 g/mol. The number of rotatable bonds is 5. The molecule has 5 nitrogen and oxygen atoms in total. The molecule has 0 spiro atoms. The number of hydrogen-bond acceptors (Lipinski definition) is 4. The molecule has 0 aromatic carbocycles. The summed E-state index contributed by atoms with van der Waals surface area (Å²) in [6.07, 6.45) is 1.30. The zero-order chi connectivity index (χ0) is 11.1. The lowest BCUT2D eigenvalue weighted by Crippen LogP contribution is -2.52. The average molecular weight is 216 g/mol. The second kappa shape index (κ2) is 6.76. The van der Waals surface area contributed by atoms with Gasteiger partial charge >= 0.3 is 0 Å². The minimum atomic E-state index is 0.0498. The number of nitrogens with two attached hydrogens (primary N) is 1. The molecule has 0 saturated carbocycles. The van der Waals surface area contributed by atoms with Gasteiger partial charge in [-0.3, -0.25) is 4.79 Å². The molecule has 1 amide bonds. The fourth-order valence-electron chi connectivity index (χ4n) is 1.69. The van der Waals surface area contributed by atoms with Gasteiger partial charge < -0.3 is 20.1 Å². The quantitative estimate of drug-likeness (QED) is 0.635. The van der Waals surface area contributed by atoms with Gasteiger partial charge in [0, 0.05) is 33.2 Å². The van der Waals surface area contributed by atoms with Gasteiger partial charge in [-0.25, -0.2) is 0 Å². The van der Waals surface area contributed by atoms with Crippen molar-refractivity contribution in [1.29, 1.82) is 0 Å². The number of hydrogen-bond donors (Lipinski definition) is 1. The Bertz CT molecular complexity index is 199. The molecule has 1 atom stereocenters. The van der Waals surface area contributed by atoms with Gasteiger partial charge in [0.05, 0.1) is 19.3 Å². The van der Waals surface area contributed by atoms with Crippen molar-refractivity contribution in [3.8, 4) is 0 Å². The van der Waals surface area contributed by atoms with Crippen molar-refractivity contribution in [3.63, 3.8) is 0 Å². The Kier molecular flexibility index (Phi) is 5.60. The van der Waals surface area contributed by atoms with Crippen LogP contribution in [0.5, 0.6) is 0 Å². The van der Waals surface area contributed by atoms with E-state index in [0.717, 1.165) is 6.42 Å². The number of morpholine rings is 1. The highest BCUT2D eigenvalue weighted by Crippen LogP contribution is 2.08. The molecule has 0 aliphatic carbocycles. The first-order valence-electron chi connectivity index (χ1n) is 5.35. The Balaban J connectivity index is 2.34. The fourth-order valence-corrected chi connectivity index (χ4v) is 1.69. The Hall–Kier alpha value is -0.650. The van der Waals surface area contributed by atoms with E-state index in [2.05, 4.69) is 0 Å². The molecule has 1 aliphatic rings. The summed E-state index contributed by atoms with van der Waals surface area (Å²) in [5.74, 6) is 0.158. The maximum Gasteiger partial charge on any atom is 0.223 e. The van der Waals surface area contributed by atoms with E-state index < -0.39 is 0 Å². The molecule has 1 rings (SSSR count). The second-order valence-corrected chi connectivity index (χ2v) is 3.65. The number of carbonyl (C=O) groups excluding carboxylic acids is 1. The van der Waals surface area contributed by atoms with E-state index >= 15 is 0 Å². The zero-order valence-corrected chi connectivity index (χ0v) is 9.28. The van der Waals surface area contributed by atoms with E-state index in [1.165, 1.54) is 0 Å². The molecular weight excluding hydrogens is 196 g/mol. The van der Waals surface area contributed by atoms with Crippen molar-refractivity contribution in [1.82, 2.24) is 4.90 Å². The minimum Gasteiger partial charge on any atom is -0.385 e. The lowest BCUT2D eigenvalue weighted by Gasteiger charge is -2.35. The first-order valence-corrected chi connectivity index (χ1v) is 5.35. The standard InChI is InChI=1S/C10H20N2O3/c1-14-5-2-3-10(13)12-4-6-15-8-9(12)7-11/h9H,2-8,11H2,1H3. The molecular formula is C10H20N2O3. The van der Waals surface area contributed by atoms with E-state index in [1.54, 1.807) is 7.11 Å². The summed E-state index contributed by atoms with van der Waals surface area (Å²) < 4.78 is 10.2. The Morgan fingerprint density at radius 2 is 2.47 bits per heavy atom. The van der Waals surface area contributed by atoms with Crippen LogP contribution in [-0.2, 0) is 14.3 Å². The number of amides is 1. The van der Waals surface area contributed by atoms with E-state index in [4.69, 9.17) is 15.2 Å². The Labute approximate surface area is 90.5 Å². The average Bonchev–Trinajstić information content (AvgIpc) is 2.29. The summed E-state index contributed by atoms with van der Waals surface area (Å²) in [5.41, 5.74) is 5.59. The Morgan fingerprint density at radius 3 is 3.13 bits per heavy atom. The molecule has 5 heteroatoms. The van der Waals surface area contributed by atoms with Gasteiger partial charge in [0.15, 0.2) is 0 Å². The maximum atomic E-state index is 11.8. The van der Waals surface area contributed by atoms with E-state index in [0.29, 0.717) is 39.3 Å². The minimum absolute atomic E-state index is 0.0498. The molecule has 15 heavy (non-hydrogen) atoms. The summed E-state index contributed by atoms with van der Waals surface area (Å²) in [4.78, 5) is 13.6. The van der Waals surface area contributed by atoms with E-state index in [1.807, 2.05) is 4.90 Å². The van der Waals surface area contributed by atoms with Gasteiger partial charge in [-0.15, -0.1) is 0 Å². The van der Waals surface area contributed by atoms with Crippen LogP contribution in [0.15, 0.2) is 0 Å². The third-order valence-electron chi connectivity index (χ3n) is 2.56. The van der Waals surface area contributed by atoms with Crippen molar-refractivity contribution >= 4 is 5.91 Å². The van der Waals surface area contributed by atoms with Crippen LogP contribution in [-0.4, -0.2) is 56.9 Å². The van der Waals surface area contributed by atoms with Crippen LogP contribution in [0.25, 0.3) is 0 Å². The number of carbonyl (C=O) groups is 1. The van der Waals surface area contributed by atoms with E-state index in [-0.39, 0.29) is 11.9 Å². The summed E-state index contributed by atoms with van der Waals surface area (Å²) >= 11 is 0. The normalized spacial score (nSPS) is 21.7. The molecule has 1 unspecified atom stereocenters. The lowest BCUT2D eigenvalue weighted by atomic mass is 10.2. The van der Waals surface area contributed by atoms with Crippen molar-refractivity contribution in [3.05, 3.63) is 0 Å². The van der Waals surface area contributed by atoms with Crippen molar-refractivity contribution in [2.24, 2.45) is 5.73 Å². The number of ether oxygens (including phenoxy) is 2. The molecule has 0 bridgehead atoms. The third-order valence-corrected chi connectivity index (χ3v) is 2.56. The molecule has 1 saturated heterocycles. The van der Waals surface area contributed by atoms with Gasteiger partial charge in [0.2, 0.25) is 5.91 Å². The van der Waals surface area contributed by atoms with Gasteiger partial charge in [0.1, 0.15) is 0 Å². The number of methoxy groups -OCH3 is 1. The van der Waals surface area contributed by atoms with Gasteiger partial charge in [-0.1, -0.05) is 0 Å². The molecule has 88 valence electrons. The van der Waals surface area contributed by atoms with Crippen molar-refractivity contribution < 1.29 is 14.3 Å². The number of nitrogens with zero attached hydrogens (tertiary/aromatic N) is 1. The molecule has 1 fully saturated rings. The first kappa shape index (κ1) is 12.4. The molecule has 0 radical (unpaired) electrons. The molecule has 0 aromatic heterocycles. The largest absolute Gasteiger partial charge is 0.385 e. The van der Waals surface area contributed by atoms with Crippen LogP contribution in [0, 0.1) is 0 Å². The smallest absolute Gasteiger partial charge is 0.223 e. The molecule has 1 aliphatic heterocycles. The van der Waals surface area contributed by atoms with Crippen molar-refractivity contribution in [2.75, 3.05) is 40.0 Å². The maximum absolute atomic E-state index is 11.8. The topological polar surface area (TPSA) is 64.8 Å². The lowest BCUT2D eigenvalue weighted by molar-refractivity contribution is -0.139. The van der Waals surface area contributed by atoms with Gasteiger partial charge in [-0.2, -0.15) is 0 Å². The SMILES string of the molecule is COCCCC(=O)N1CCOCC1CN. The van der Waals surface area contributed by atoms with E-state index in [9.17, 15) is 4.79 Å². The highest BCUT2D eigenvalue weighted by Gasteiger charge is 2.25. The van der Waals surface area contributed by atoms with Crippen LogP contribution >= 0.6 is 0 Å². The highest BCUT2D eigenvalue weighted by atomic mass is 16.5. The van der Waals surface area contributed by atoms with Crippen LogP contribution in [0.2, 0.25) is 0 Å². The van der Waals surface area contributed by atoms with Gasteiger partial charge in [0.25, 0.3) is 0 Å². The van der Waals surface area contributed by atoms with Crippen LogP contribution < -0.4 is 5.73 Å². The first-order chi connectivity index (χ1) is 7.29. The molecule has 0 aromatic rings. The summed E-state index contributed by atoms with van der Waals surface area (Å²) in [7, 11) is 1.64. The summed E-state index contributed by atoms with van der Waals surface area (Å²) in [6.45, 7) is 2.94. The zero-order valence-electron chi connectivity index (χ0n) is 9.28. The van der Waals surface area contributed by atoms with Crippen LogP contribution in [0.1, 0.15) is 12.8 Å². The molecule has 2 N–H and O–H groups in total. The van der Waals surface area contributed by atoms with Crippen LogP contribution in [0.3, 0.4) is 0 Å².